The van der Waals surface area contributed by atoms with Gasteiger partial charge in [-0.15, -0.1) is 0 Å². The fourth-order valence-corrected chi connectivity index (χ4v) is 2.82. The summed E-state index contributed by atoms with van der Waals surface area (Å²) < 4.78 is 12.0. The van der Waals surface area contributed by atoms with Crippen LogP contribution in [-0.4, -0.2) is 18.8 Å². The molecule has 19 heavy (non-hydrogen) atoms. The summed E-state index contributed by atoms with van der Waals surface area (Å²) in [6, 6.07) is 14.7. The fraction of sp³-hybridized carbons (Fsp3) is 0.375. The van der Waals surface area contributed by atoms with Crippen LogP contribution in [0.1, 0.15) is 27.2 Å². The van der Waals surface area contributed by atoms with Crippen LogP contribution in [-0.2, 0) is 9.31 Å². The van der Waals surface area contributed by atoms with Crippen LogP contribution < -0.4 is 5.46 Å². The van der Waals surface area contributed by atoms with Gasteiger partial charge in [-0.3, -0.25) is 0 Å². The van der Waals surface area contributed by atoms with Crippen LogP contribution in [0.4, 0.5) is 0 Å². The van der Waals surface area contributed by atoms with E-state index in [-0.39, 0.29) is 18.8 Å². The lowest BCUT2D eigenvalue weighted by molar-refractivity contribution is -0.0229. The van der Waals surface area contributed by atoms with Crippen LogP contribution in [0.3, 0.4) is 0 Å². The Labute approximate surface area is 114 Å². The van der Waals surface area contributed by atoms with Crippen molar-refractivity contribution in [2.75, 3.05) is 0 Å². The quantitative estimate of drug-likeness (QED) is 0.728. The minimum absolute atomic E-state index is 0.131. The highest BCUT2D eigenvalue weighted by Gasteiger charge is 2.38. The molecule has 1 saturated heterocycles. The molecule has 0 aromatic heterocycles. The molecule has 0 radical (unpaired) electrons. The van der Waals surface area contributed by atoms with Gasteiger partial charge in [0.15, 0.2) is 0 Å². The Hall–Kier alpha value is -1.32. The van der Waals surface area contributed by atoms with Gasteiger partial charge < -0.3 is 9.31 Å². The van der Waals surface area contributed by atoms with Gasteiger partial charge >= 0.3 is 7.12 Å². The maximum atomic E-state index is 6.06. The van der Waals surface area contributed by atoms with Crippen molar-refractivity contribution in [3.63, 3.8) is 0 Å². The van der Waals surface area contributed by atoms with Crippen molar-refractivity contribution in [1.29, 1.82) is 0 Å². The minimum atomic E-state index is -0.261. The number of rotatable bonds is 1. The molecule has 0 aliphatic carbocycles. The molecule has 1 fully saturated rings. The molecule has 1 aliphatic heterocycles. The maximum absolute atomic E-state index is 6.06. The summed E-state index contributed by atoms with van der Waals surface area (Å²) in [6.07, 6.45) is 1.15. The largest absolute Gasteiger partial charge is 0.494 e. The van der Waals surface area contributed by atoms with Crippen LogP contribution in [0.2, 0.25) is 0 Å². The number of fused-ring (bicyclic) bond motifs is 1. The van der Waals surface area contributed by atoms with Crippen molar-refractivity contribution < 1.29 is 9.31 Å². The Balaban J connectivity index is 1.95. The molecule has 2 aromatic rings. The second-order valence-electron chi connectivity index (χ2n) is 5.97. The molecule has 0 spiro atoms. The molecule has 98 valence electrons. The van der Waals surface area contributed by atoms with E-state index in [1.165, 1.54) is 10.8 Å². The summed E-state index contributed by atoms with van der Waals surface area (Å²) in [7, 11) is -0.261. The highest BCUT2D eigenvalue weighted by atomic mass is 16.6. The van der Waals surface area contributed by atoms with Gasteiger partial charge in [0.25, 0.3) is 0 Å². The molecule has 3 heteroatoms. The summed E-state index contributed by atoms with van der Waals surface area (Å²) in [4.78, 5) is 0. The second-order valence-corrected chi connectivity index (χ2v) is 5.97. The number of hydrogen-bond acceptors (Lipinski definition) is 2. The second kappa shape index (κ2) is 4.66. The van der Waals surface area contributed by atoms with E-state index in [4.69, 9.17) is 9.31 Å². The van der Waals surface area contributed by atoms with E-state index in [1.807, 2.05) is 0 Å². The van der Waals surface area contributed by atoms with Gasteiger partial charge in [-0.05, 0) is 43.4 Å². The number of hydrogen-bond donors (Lipinski definition) is 0. The smallest absolute Gasteiger partial charge is 0.405 e. The Bertz CT molecular complexity index is 594. The van der Waals surface area contributed by atoms with Gasteiger partial charge in [-0.25, -0.2) is 0 Å². The predicted molar refractivity (Wildman–Crippen MR) is 79.7 cm³/mol. The third-order valence-electron chi connectivity index (χ3n) is 3.61. The van der Waals surface area contributed by atoms with Gasteiger partial charge in [0.1, 0.15) is 0 Å². The lowest BCUT2D eigenvalue weighted by Gasteiger charge is -2.38. The van der Waals surface area contributed by atoms with Crippen molar-refractivity contribution in [2.45, 2.75) is 38.9 Å². The first-order valence-electron chi connectivity index (χ1n) is 6.85. The monoisotopic (exact) mass is 254 g/mol. The zero-order valence-electron chi connectivity index (χ0n) is 11.7. The van der Waals surface area contributed by atoms with E-state index >= 15 is 0 Å². The third-order valence-corrected chi connectivity index (χ3v) is 3.61. The molecule has 1 heterocycles. The average molecular weight is 254 g/mol. The zero-order chi connectivity index (χ0) is 13.5. The van der Waals surface area contributed by atoms with Crippen LogP contribution in [0, 0.1) is 0 Å². The normalized spacial score (nSPS) is 22.7. The van der Waals surface area contributed by atoms with Crippen LogP contribution in [0.25, 0.3) is 10.8 Å². The number of benzene rings is 2. The molecule has 1 aliphatic rings. The van der Waals surface area contributed by atoms with Crippen LogP contribution >= 0.6 is 0 Å². The first-order valence-corrected chi connectivity index (χ1v) is 6.85. The molecular weight excluding hydrogens is 235 g/mol. The highest BCUT2D eigenvalue weighted by Crippen LogP contribution is 2.26. The van der Waals surface area contributed by atoms with E-state index in [2.05, 4.69) is 63.2 Å². The van der Waals surface area contributed by atoms with Gasteiger partial charge in [0.2, 0.25) is 0 Å². The molecule has 2 nitrogen and oxygen atoms in total. The summed E-state index contributed by atoms with van der Waals surface area (Å²) in [5, 5.41) is 2.47. The Morgan fingerprint density at radius 2 is 1.84 bits per heavy atom. The van der Waals surface area contributed by atoms with Gasteiger partial charge in [-0.2, -0.15) is 0 Å². The fourth-order valence-electron chi connectivity index (χ4n) is 2.82. The summed E-state index contributed by atoms with van der Waals surface area (Å²) in [6.45, 7) is 6.36. The van der Waals surface area contributed by atoms with Crippen LogP contribution in [0.15, 0.2) is 42.5 Å². The first kappa shape index (κ1) is 12.7. The Morgan fingerprint density at radius 1 is 1.11 bits per heavy atom. The van der Waals surface area contributed by atoms with E-state index in [9.17, 15) is 0 Å². The Kier molecular flexibility index (Phi) is 3.11. The van der Waals surface area contributed by atoms with Crippen molar-refractivity contribution in [3.8, 4) is 0 Å². The van der Waals surface area contributed by atoms with Gasteiger partial charge in [0.05, 0.1) is 5.60 Å². The molecule has 0 bridgehead atoms. The van der Waals surface area contributed by atoms with E-state index in [1.54, 1.807) is 0 Å². The Morgan fingerprint density at radius 3 is 2.58 bits per heavy atom. The third kappa shape index (κ3) is 2.67. The molecule has 3 rings (SSSR count). The molecule has 1 unspecified atom stereocenters. The lowest BCUT2D eigenvalue weighted by Crippen LogP contribution is -2.51. The van der Waals surface area contributed by atoms with Crippen molar-refractivity contribution in [1.82, 2.24) is 0 Å². The van der Waals surface area contributed by atoms with Crippen molar-refractivity contribution in [3.05, 3.63) is 42.5 Å². The molecule has 0 N–H and O–H groups in total. The molecular formula is C16H19BO2. The van der Waals surface area contributed by atoms with Crippen LogP contribution in [0.5, 0.6) is 0 Å². The van der Waals surface area contributed by atoms with Crippen molar-refractivity contribution in [2.24, 2.45) is 0 Å². The van der Waals surface area contributed by atoms with E-state index < -0.39 is 0 Å². The summed E-state index contributed by atoms with van der Waals surface area (Å²) in [5.74, 6) is 0. The standard InChI is InChI=1S/C16H19BO2/c1-12-11-16(2,3)19-17(18-12)15-9-8-13-6-4-5-7-14(13)10-15/h4-10,12H,11H2,1-3H3. The highest BCUT2D eigenvalue weighted by molar-refractivity contribution is 6.61. The summed E-state index contributed by atoms with van der Waals surface area (Å²) in [5.41, 5.74) is 0.965. The summed E-state index contributed by atoms with van der Waals surface area (Å²) >= 11 is 0. The maximum Gasteiger partial charge on any atom is 0.494 e. The zero-order valence-corrected chi connectivity index (χ0v) is 11.7. The topological polar surface area (TPSA) is 18.5 Å². The van der Waals surface area contributed by atoms with Gasteiger partial charge in [0, 0.05) is 6.10 Å². The molecule has 1 atom stereocenters. The first-order chi connectivity index (χ1) is 9.03. The molecule has 0 amide bonds. The SMILES string of the molecule is CC1CC(C)(C)OB(c2ccc3ccccc3c2)O1. The molecule has 0 saturated carbocycles. The molecule has 2 aromatic carbocycles. The average Bonchev–Trinajstić information content (AvgIpc) is 2.36. The van der Waals surface area contributed by atoms with Gasteiger partial charge in [-0.1, -0.05) is 42.5 Å². The van der Waals surface area contributed by atoms with Crippen molar-refractivity contribution >= 4 is 23.4 Å². The van der Waals surface area contributed by atoms with E-state index in [0.717, 1.165) is 11.9 Å². The van der Waals surface area contributed by atoms with E-state index in [0.29, 0.717) is 0 Å². The lowest BCUT2D eigenvalue weighted by atomic mass is 9.74. The predicted octanol–water partition coefficient (Wildman–Crippen LogP) is 3.14. The minimum Gasteiger partial charge on any atom is -0.405 e.